The lowest BCUT2D eigenvalue weighted by Gasteiger charge is -2.04. The zero-order valence-electron chi connectivity index (χ0n) is 14.2. The summed E-state index contributed by atoms with van der Waals surface area (Å²) in [6, 6.07) is 8.80. The smallest absolute Gasteiger partial charge is 0.238 e. The standard InChI is InChI=1S/C16H13Cl2N5O3S2/c1-23-14-11(6-8(17)7-12(14)18)13(15(23)24)21-22-16(27)20-9-2-4-10(5-3-9)28(19,25)26/h2-7,24H,1H3,(H,20,27)(H2,19,25,26). The molecule has 1 heterocycles. The highest BCUT2D eigenvalue weighted by Crippen LogP contribution is 2.42. The Morgan fingerprint density at radius 2 is 1.89 bits per heavy atom. The van der Waals surface area contributed by atoms with E-state index < -0.39 is 10.0 Å². The summed E-state index contributed by atoms with van der Waals surface area (Å²) in [5.41, 5.74) is 1.20. The van der Waals surface area contributed by atoms with Gasteiger partial charge in [0.25, 0.3) is 0 Å². The van der Waals surface area contributed by atoms with Gasteiger partial charge in [-0.05, 0) is 48.6 Å². The molecule has 0 atom stereocenters. The fraction of sp³-hybridized carbons (Fsp3) is 0.0625. The summed E-state index contributed by atoms with van der Waals surface area (Å²) >= 11 is 17.3. The fourth-order valence-corrected chi connectivity index (χ4v) is 3.84. The van der Waals surface area contributed by atoms with Crippen molar-refractivity contribution in [2.75, 3.05) is 5.32 Å². The lowest BCUT2D eigenvalue weighted by Crippen LogP contribution is -2.12. The number of nitrogens with two attached hydrogens (primary N) is 1. The van der Waals surface area contributed by atoms with Crippen LogP contribution in [0.5, 0.6) is 5.88 Å². The number of aromatic nitrogens is 1. The number of sulfonamides is 1. The van der Waals surface area contributed by atoms with Gasteiger partial charge in [0, 0.05) is 23.1 Å². The van der Waals surface area contributed by atoms with Gasteiger partial charge in [-0.1, -0.05) is 23.2 Å². The second-order valence-electron chi connectivity index (χ2n) is 5.71. The second-order valence-corrected chi connectivity index (χ2v) is 8.51. The maximum absolute atomic E-state index is 11.3. The molecular formula is C16H13Cl2N5O3S2. The van der Waals surface area contributed by atoms with Crippen molar-refractivity contribution in [2.24, 2.45) is 22.4 Å². The van der Waals surface area contributed by atoms with E-state index in [9.17, 15) is 13.5 Å². The van der Waals surface area contributed by atoms with E-state index in [0.717, 1.165) is 0 Å². The average molecular weight is 458 g/mol. The molecule has 0 unspecified atom stereocenters. The number of aryl methyl sites for hydroxylation is 1. The zero-order chi connectivity index (χ0) is 20.6. The predicted molar refractivity (Wildman–Crippen MR) is 113 cm³/mol. The Kier molecular flexibility index (Phi) is 5.60. The Morgan fingerprint density at radius 1 is 1.25 bits per heavy atom. The molecule has 0 fully saturated rings. The number of anilines is 1. The summed E-state index contributed by atoms with van der Waals surface area (Å²) in [5.74, 6) is -0.150. The Morgan fingerprint density at radius 3 is 2.50 bits per heavy atom. The van der Waals surface area contributed by atoms with Crippen molar-refractivity contribution in [3.8, 4) is 5.88 Å². The molecule has 12 heteroatoms. The number of azo groups is 1. The highest BCUT2D eigenvalue weighted by molar-refractivity contribution is 7.89. The number of thiocarbonyl (C=S) groups is 1. The SMILES string of the molecule is Cn1c(O)c(N=NC(=S)Nc2ccc(S(N)(=O)=O)cc2)c2cc(Cl)cc(Cl)c21. The van der Waals surface area contributed by atoms with Crippen LogP contribution in [0.2, 0.25) is 10.0 Å². The topological polar surface area (TPSA) is 122 Å². The number of primary sulfonamides is 1. The third-order valence-corrected chi connectivity index (χ3v) is 5.44. The molecule has 0 spiro atoms. The third kappa shape index (κ3) is 4.10. The second kappa shape index (κ2) is 7.64. The van der Waals surface area contributed by atoms with Gasteiger partial charge < -0.3 is 15.0 Å². The first-order valence-corrected chi connectivity index (χ1v) is 10.3. The average Bonchev–Trinajstić information content (AvgIpc) is 2.83. The summed E-state index contributed by atoms with van der Waals surface area (Å²) in [6.45, 7) is 0. The number of fused-ring (bicyclic) bond motifs is 1. The molecule has 146 valence electrons. The van der Waals surface area contributed by atoms with Crippen molar-refractivity contribution in [2.45, 2.75) is 4.90 Å². The minimum Gasteiger partial charge on any atom is -0.493 e. The van der Waals surface area contributed by atoms with Crippen molar-refractivity contribution in [3.05, 3.63) is 46.4 Å². The highest BCUT2D eigenvalue weighted by atomic mass is 35.5. The molecule has 2 aromatic carbocycles. The molecule has 1 aromatic heterocycles. The molecule has 0 aliphatic heterocycles. The molecule has 0 saturated heterocycles. The van der Waals surface area contributed by atoms with Gasteiger partial charge in [-0.25, -0.2) is 13.6 Å². The van der Waals surface area contributed by atoms with Crippen molar-refractivity contribution in [1.29, 1.82) is 0 Å². The van der Waals surface area contributed by atoms with Crippen LogP contribution in [0.15, 0.2) is 51.5 Å². The minimum absolute atomic E-state index is 0.00659. The summed E-state index contributed by atoms with van der Waals surface area (Å²) in [5, 5.41) is 27.3. The summed E-state index contributed by atoms with van der Waals surface area (Å²) in [4.78, 5) is -0.0278. The molecule has 4 N–H and O–H groups in total. The monoisotopic (exact) mass is 457 g/mol. The van der Waals surface area contributed by atoms with Gasteiger partial charge >= 0.3 is 0 Å². The molecule has 8 nitrogen and oxygen atoms in total. The number of halogens is 2. The zero-order valence-corrected chi connectivity index (χ0v) is 17.4. The summed E-state index contributed by atoms with van der Waals surface area (Å²) in [7, 11) is -2.15. The van der Waals surface area contributed by atoms with Crippen molar-refractivity contribution in [3.63, 3.8) is 0 Å². The molecule has 3 aromatic rings. The molecule has 0 amide bonds. The van der Waals surface area contributed by atoms with E-state index in [2.05, 4.69) is 15.5 Å². The maximum Gasteiger partial charge on any atom is 0.238 e. The lowest BCUT2D eigenvalue weighted by atomic mass is 10.2. The van der Waals surface area contributed by atoms with Crippen LogP contribution >= 0.6 is 35.4 Å². The van der Waals surface area contributed by atoms with Crippen molar-refractivity contribution >= 4 is 72.8 Å². The number of nitrogens with zero attached hydrogens (tertiary/aromatic N) is 3. The van der Waals surface area contributed by atoms with Gasteiger partial charge in [0.2, 0.25) is 21.0 Å². The first kappa shape index (κ1) is 20.5. The van der Waals surface area contributed by atoms with Crippen LogP contribution in [-0.2, 0) is 17.1 Å². The number of hydrogen-bond donors (Lipinski definition) is 3. The van der Waals surface area contributed by atoms with Crippen LogP contribution in [0.1, 0.15) is 0 Å². The van der Waals surface area contributed by atoms with E-state index in [0.29, 0.717) is 26.6 Å². The van der Waals surface area contributed by atoms with Gasteiger partial charge in [-0.3, -0.25) is 0 Å². The van der Waals surface area contributed by atoms with Crippen molar-refractivity contribution < 1.29 is 13.5 Å². The van der Waals surface area contributed by atoms with E-state index >= 15 is 0 Å². The van der Waals surface area contributed by atoms with Crippen LogP contribution in [0, 0.1) is 0 Å². The molecule has 0 aliphatic carbocycles. The minimum atomic E-state index is -3.78. The van der Waals surface area contributed by atoms with E-state index in [1.54, 1.807) is 19.2 Å². The molecule has 0 saturated carbocycles. The van der Waals surface area contributed by atoms with Gasteiger partial charge in [-0.15, -0.1) is 10.2 Å². The van der Waals surface area contributed by atoms with E-state index in [1.807, 2.05) is 0 Å². The summed E-state index contributed by atoms with van der Waals surface area (Å²) in [6.07, 6.45) is 0. The molecule has 0 aliphatic rings. The Bertz CT molecular complexity index is 1220. The Hall–Kier alpha value is -2.24. The van der Waals surface area contributed by atoms with Gasteiger partial charge in [0.05, 0.1) is 15.4 Å². The summed E-state index contributed by atoms with van der Waals surface area (Å²) < 4.78 is 24.0. The quantitative estimate of drug-likeness (QED) is 0.399. The predicted octanol–water partition coefficient (Wildman–Crippen LogP) is 4.32. The molecule has 0 radical (unpaired) electrons. The Labute approximate surface area is 175 Å². The van der Waals surface area contributed by atoms with Gasteiger partial charge in [-0.2, -0.15) is 0 Å². The van der Waals surface area contributed by atoms with Gasteiger partial charge in [0.15, 0.2) is 5.69 Å². The lowest BCUT2D eigenvalue weighted by molar-refractivity contribution is 0.436. The van der Waals surface area contributed by atoms with Crippen LogP contribution < -0.4 is 10.5 Å². The Balaban J connectivity index is 1.86. The number of aromatic hydroxyl groups is 1. The van der Waals surface area contributed by atoms with E-state index in [4.69, 9.17) is 40.6 Å². The van der Waals surface area contributed by atoms with Crippen LogP contribution in [0.25, 0.3) is 10.9 Å². The van der Waals surface area contributed by atoms with E-state index in [-0.39, 0.29) is 21.6 Å². The molecule has 0 bridgehead atoms. The van der Waals surface area contributed by atoms with Crippen LogP contribution in [0.3, 0.4) is 0 Å². The molecule has 3 rings (SSSR count). The third-order valence-electron chi connectivity index (χ3n) is 3.82. The van der Waals surface area contributed by atoms with Gasteiger partial charge in [0.1, 0.15) is 0 Å². The number of rotatable bonds is 3. The first-order chi connectivity index (χ1) is 13.1. The fourth-order valence-electron chi connectivity index (χ4n) is 2.54. The maximum atomic E-state index is 11.3. The van der Waals surface area contributed by atoms with E-state index in [1.165, 1.54) is 28.8 Å². The largest absolute Gasteiger partial charge is 0.493 e. The van der Waals surface area contributed by atoms with Crippen LogP contribution in [0.4, 0.5) is 11.4 Å². The molecule has 28 heavy (non-hydrogen) atoms. The number of benzene rings is 2. The highest BCUT2D eigenvalue weighted by Gasteiger charge is 2.18. The first-order valence-electron chi connectivity index (χ1n) is 7.60. The normalized spacial score (nSPS) is 12.0. The number of nitrogens with one attached hydrogen (secondary N) is 1. The van der Waals surface area contributed by atoms with Crippen LogP contribution in [-0.4, -0.2) is 23.2 Å². The molecular weight excluding hydrogens is 445 g/mol. The number of hydrogen-bond acceptors (Lipinski definition) is 5. The van der Waals surface area contributed by atoms with Crippen molar-refractivity contribution in [1.82, 2.24) is 4.57 Å².